The van der Waals surface area contributed by atoms with Crippen LogP contribution >= 0.6 is 0 Å². The monoisotopic (exact) mass is 890 g/mol. The zero-order chi connectivity index (χ0) is 45.3. The summed E-state index contributed by atoms with van der Waals surface area (Å²) in [5.74, 6) is 1.45. The molecule has 340 valence electrons. The van der Waals surface area contributed by atoms with E-state index in [-0.39, 0.29) is 41.8 Å². The van der Waals surface area contributed by atoms with Crippen molar-refractivity contribution in [2.24, 2.45) is 11.8 Å². The molecule has 5 heterocycles. The van der Waals surface area contributed by atoms with Crippen molar-refractivity contribution >= 4 is 34.8 Å². The summed E-state index contributed by atoms with van der Waals surface area (Å²) in [7, 11) is 2.61. The number of methoxy groups -OCH3 is 2. The van der Waals surface area contributed by atoms with E-state index in [9.17, 15) is 19.2 Å². The van der Waals surface area contributed by atoms with Gasteiger partial charge in [-0.25, -0.2) is 19.6 Å². The number of benzene rings is 4. The molecule has 0 radical (unpaired) electrons. The van der Waals surface area contributed by atoms with Gasteiger partial charge in [0.15, 0.2) is 0 Å². The molecule has 4 aromatic carbocycles. The molecule has 1 aliphatic carbocycles. The fourth-order valence-electron chi connectivity index (χ4n) is 10.7. The van der Waals surface area contributed by atoms with Crippen molar-refractivity contribution in [3.63, 3.8) is 0 Å². The largest absolute Gasteiger partial charge is 0.453 e. The van der Waals surface area contributed by atoms with Crippen molar-refractivity contribution in [3.05, 3.63) is 121 Å². The standard InChI is InChI=1S/C51H54N8O7/c1-64-50(62)56-43(33-20-23-66-24-21-33)48(60)58-22-6-9-42(58)46-52-29-41(54-46)37-17-16-35-25-34(14-15-36(35)26-37)30-10-12-31(13-11-30)40-28-53-47(55-40)45-38-18-19-39(27-38)59(45)49(61)44(57-51(63)65-2)32-7-4-3-5-8-32/h3-5,7-8,10-17,25-26,28-29,33,38-39,42-45H,6,9,18-24,27H2,1-2H3,(H,52,54)(H,53,55)(H,56,62)(H,57,63)/t38-,39+,42-,43?,44+,45-/m0/s1. The van der Waals surface area contributed by atoms with Gasteiger partial charge < -0.3 is 44.6 Å². The summed E-state index contributed by atoms with van der Waals surface area (Å²) in [6.07, 6.45) is 8.25. The molecule has 4 amide bonds. The van der Waals surface area contributed by atoms with Crippen LogP contribution < -0.4 is 10.6 Å². The van der Waals surface area contributed by atoms with Crippen LogP contribution in [0.5, 0.6) is 0 Å². The highest BCUT2D eigenvalue weighted by molar-refractivity contribution is 5.91. The number of hydrogen-bond acceptors (Lipinski definition) is 9. The van der Waals surface area contributed by atoms with Crippen LogP contribution in [0.4, 0.5) is 9.59 Å². The molecule has 2 aromatic heterocycles. The maximum absolute atomic E-state index is 14.3. The average molecular weight is 891 g/mol. The molecule has 3 aliphatic heterocycles. The van der Waals surface area contributed by atoms with Crippen molar-refractivity contribution in [1.29, 1.82) is 0 Å². The second kappa shape index (κ2) is 18.5. The molecule has 6 aromatic rings. The topological polar surface area (TPSA) is 184 Å². The number of aromatic nitrogens is 4. The van der Waals surface area contributed by atoms with Crippen LogP contribution in [0.25, 0.3) is 44.4 Å². The number of nitrogens with zero attached hydrogens (tertiary/aromatic N) is 4. The highest BCUT2D eigenvalue weighted by atomic mass is 16.5. The number of rotatable bonds is 11. The minimum Gasteiger partial charge on any atom is -0.453 e. The summed E-state index contributed by atoms with van der Waals surface area (Å²) in [6, 6.07) is 28.6. The molecule has 10 rings (SSSR count). The van der Waals surface area contributed by atoms with Gasteiger partial charge in [0.1, 0.15) is 23.7 Å². The maximum atomic E-state index is 14.3. The molecule has 15 nitrogen and oxygen atoms in total. The number of aromatic amines is 2. The van der Waals surface area contributed by atoms with Gasteiger partial charge >= 0.3 is 12.2 Å². The number of amides is 4. The number of fused-ring (bicyclic) bond motifs is 3. The van der Waals surface area contributed by atoms with Crippen LogP contribution in [-0.4, -0.2) is 99.8 Å². The third-order valence-corrected chi connectivity index (χ3v) is 14.1. The average Bonchev–Trinajstić information content (AvgIpc) is 4.24. The predicted octanol–water partition coefficient (Wildman–Crippen LogP) is 8.25. The lowest BCUT2D eigenvalue weighted by Gasteiger charge is -2.36. The molecule has 3 saturated heterocycles. The summed E-state index contributed by atoms with van der Waals surface area (Å²) in [4.78, 5) is 73.6. The van der Waals surface area contributed by atoms with Crippen molar-refractivity contribution in [1.82, 2.24) is 40.4 Å². The number of hydrogen-bond donors (Lipinski definition) is 4. The number of alkyl carbamates (subject to hydrolysis) is 2. The van der Waals surface area contributed by atoms with Crippen LogP contribution in [0.2, 0.25) is 0 Å². The first-order valence-electron chi connectivity index (χ1n) is 23.0. The van der Waals surface area contributed by atoms with E-state index in [4.69, 9.17) is 24.2 Å². The van der Waals surface area contributed by atoms with E-state index in [0.29, 0.717) is 38.2 Å². The lowest BCUT2D eigenvalue weighted by atomic mass is 9.90. The second-order valence-electron chi connectivity index (χ2n) is 17.9. The number of nitrogens with one attached hydrogen (secondary N) is 4. The molecule has 2 bridgehead atoms. The van der Waals surface area contributed by atoms with Gasteiger partial charge in [-0.15, -0.1) is 0 Å². The lowest BCUT2D eigenvalue weighted by Crippen LogP contribution is -2.53. The molecule has 6 atom stereocenters. The third-order valence-electron chi connectivity index (χ3n) is 14.1. The van der Waals surface area contributed by atoms with Crippen LogP contribution in [0, 0.1) is 11.8 Å². The fraction of sp³-hybridized carbons (Fsp3) is 0.373. The highest BCUT2D eigenvalue weighted by Gasteiger charge is 2.51. The molecule has 0 spiro atoms. The number of likely N-dealkylation sites (tertiary alicyclic amines) is 2. The van der Waals surface area contributed by atoms with Gasteiger partial charge in [-0.2, -0.15) is 0 Å². The minimum atomic E-state index is -0.876. The van der Waals surface area contributed by atoms with Gasteiger partial charge in [0.05, 0.1) is 50.1 Å². The van der Waals surface area contributed by atoms with E-state index in [1.807, 2.05) is 52.5 Å². The summed E-state index contributed by atoms with van der Waals surface area (Å²) >= 11 is 0. The zero-order valence-electron chi connectivity index (χ0n) is 37.1. The van der Waals surface area contributed by atoms with Crippen LogP contribution in [-0.2, 0) is 23.8 Å². The Morgan fingerprint density at radius 1 is 0.697 bits per heavy atom. The summed E-state index contributed by atoms with van der Waals surface area (Å²) in [6.45, 7) is 1.71. The number of H-pyrrole nitrogens is 2. The Morgan fingerprint density at radius 3 is 2.08 bits per heavy atom. The van der Waals surface area contributed by atoms with E-state index < -0.39 is 24.3 Å². The molecule has 4 aliphatic rings. The third kappa shape index (κ3) is 8.39. The number of carbonyl (C=O) groups excluding carboxylic acids is 4. The van der Waals surface area contributed by atoms with Crippen molar-refractivity contribution < 1.29 is 33.4 Å². The van der Waals surface area contributed by atoms with Crippen molar-refractivity contribution in [3.8, 4) is 33.6 Å². The van der Waals surface area contributed by atoms with Gasteiger partial charge in [-0.3, -0.25) is 9.59 Å². The molecule has 4 N–H and O–H groups in total. The number of ether oxygens (including phenoxy) is 3. The maximum Gasteiger partial charge on any atom is 0.407 e. The molecule has 15 heteroatoms. The Balaban J connectivity index is 0.824. The number of piperidine rings is 1. The molecule has 4 fully saturated rings. The Bertz CT molecular complexity index is 2730. The van der Waals surface area contributed by atoms with E-state index >= 15 is 0 Å². The van der Waals surface area contributed by atoms with Gasteiger partial charge in [0.25, 0.3) is 5.91 Å². The van der Waals surface area contributed by atoms with E-state index in [1.165, 1.54) is 14.2 Å². The zero-order valence-corrected chi connectivity index (χ0v) is 37.1. The van der Waals surface area contributed by atoms with Crippen molar-refractivity contribution in [2.45, 2.75) is 75.2 Å². The van der Waals surface area contributed by atoms with E-state index in [2.05, 4.69) is 81.3 Å². The van der Waals surface area contributed by atoms with Gasteiger partial charge in [0.2, 0.25) is 5.91 Å². The summed E-state index contributed by atoms with van der Waals surface area (Å²) in [5, 5.41) is 7.79. The summed E-state index contributed by atoms with van der Waals surface area (Å²) in [5.41, 5.74) is 6.58. The number of imidazole rings is 2. The normalized spacial score (nSPS) is 21.4. The number of carbonyl (C=O) groups is 4. The van der Waals surface area contributed by atoms with Gasteiger partial charge in [-0.05, 0) is 102 Å². The van der Waals surface area contributed by atoms with E-state index in [0.717, 1.165) is 88.2 Å². The van der Waals surface area contributed by atoms with Gasteiger partial charge in [0, 0.05) is 31.4 Å². The SMILES string of the molecule is COC(=O)NC(C(=O)N1CCC[C@H]1c1ncc(-c2ccc3cc(-c4ccc(-c5cnc([C@@H]6[C@H]7CC[C@H](C7)N6C(=O)[C@H](NC(=O)OC)c6ccccc6)[nH]5)cc4)ccc3c2)[nH]1)C1CCOCC1. The Kier molecular flexibility index (Phi) is 12.0. The molecular weight excluding hydrogens is 837 g/mol. The second-order valence-corrected chi connectivity index (χ2v) is 17.9. The molecule has 1 unspecified atom stereocenters. The lowest BCUT2D eigenvalue weighted by molar-refractivity contribution is -0.138. The highest BCUT2D eigenvalue weighted by Crippen LogP contribution is 2.50. The first-order valence-corrected chi connectivity index (χ1v) is 23.0. The van der Waals surface area contributed by atoms with Crippen molar-refractivity contribution in [2.75, 3.05) is 34.0 Å². The van der Waals surface area contributed by atoms with Crippen LogP contribution in [0.1, 0.15) is 80.3 Å². The fourth-order valence-corrected chi connectivity index (χ4v) is 10.7. The Morgan fingerprint density at radius 2 is 1.33 bits per heavy atom. The Labute approximate surface area is 382 Å². The minimum absolute atomic E-state index is 0.0304. The molecular formula is C51H54N8O7. The molecule has 1 saturated carbocycles. The van der Waals surface area contributed by atoms with Gasteiger partial charge in [-0.1, -0.05) is 78.9 Å². The molecule has 66 heavy (non-hydrogen) atoms. The first kappa shape index (κ1) is 42.9. The predicted molar refractivity (Wildman–Crippen MR) is 247 cm³/mol. The quantitative estimate of drug-likeness (QED) is 0.0995. The van der Waals surface area contributed by atoms with E-state index in [1.54, 1.807) is 0 Å². The smallest absolute Gasteiger partial charge is 0.407 e. The summed E-state index contributed by atoms with van der Waals surface area (Å²) < 4.78 is 15.3. The van der Waals surface area contributed by atoms with Crippen LogP contribution in [0.15, 0.2) is 103 Å². The van der Waals surface area contributed by atoms with Crippen LogP contribution in [0.3, 0.4) is 0 Å². The first-order chi connectivity index (χ1) is 32.3. The Hall–Kier alpha value is -7.00.